The van der Waals surface area contributed by atoms with Crippen LogP contribution in [0.25, 0.3) is 11.4 Å². The van der Waals surface area contributed by atoms with Crippen LogP contribution < -0.4 is 4.74 Å². The molecule has 0 amide bonds. The molecular weight excluding hydrogens is 375 g/mol. The molecule has 28 heavy (non-hydrogen) atoms. The lowest BCUT2D eigenvalue weighted by Crippen LogP contribution is -2.02. The second-order valence-electron chi connectivity index (χ2n) is 5.62. The van der Waals surface area contributed by atoms with Crippen molar-refractivity contribution in [2.45, 2.75) is 13.0 Å². The van der Waals surface area contributed by atoms with Gasteiger partial charge in [0.1, 0.15) is 23.8 Å². The molecule has 0 atom stereocenters. The standard InChI is InChI=1S/C17H12F3N7O/c18-15-3-2-12(6-14(15)16(19)20)27-9-11(24-25-27)10-28-17-21-7-13(8-22-17)26-5-1-4-23-26/h1-9,16H,10H2. The summed E-state index contributed by atoms with van der Waals surface area (Å²) in [5, 5.41) is 11.8. The SMILES string of the molecule is Fc1ccc(-n2cc(COc3ncc(-n4cccn4)cn3)nn2)cc1C(F)F. The molecule has 8 nitrogen and oxygen atoms in total. The number of rotatable bonds is 6. The fraction of sp³-hybridized carbons (Fsp3) is 0.118. The first kappa shape index (κ1) is 17.6. The topological polar surface area (TPSA) is 83.5 Å². The molecule has 0 saturated carbocycles. The van der Waals surface area contributed by atoms with Gasteiger partial charge in [-0.25, -0.2) is 32.5 Å². The molecule has 4 aromatic rings. The van der Waals surface area contributed by atoms with Crippen LogP contribution in [0.2, 0.25) is 0 Å². The molecule has 0 aliphatic rings. The molecule has 0 saturated heterocycles. The average Bonchev–Trinajstić information content (AvgIpc) is 3.39. The summed E-state index contributed by atoms with van der Waals surface area (Å²) >= 11 is 0. The van der Waals surface area contributed by atoms with Gasteiger partial charge < -0.3 is 4.74 Å². The van der Waals surface area contributed by atoms with Gasteiger partial charge in [-0.1, -0.05) is 5.21 Å². The van der Waals surface area contributed by atoms with Gasteiger partial charge in [0.05, 0.1) is 29.8 Å². The van der Waals surface area contributed by atoms with Crippen molar-refractivity contribution in [3.05, 3.63) is 72.3 Å². The second-order valence-corrected chi connectivity index (χ2v) is 5.62. The molecule has 0 radical (unpaired) electrons. The highest BCUT2D eigenvalue weighted by molar-refractivity contribution is 5.36. The third-order valence-electron chi connectivity index (χ3n) is 3.75. The molecule has 0 aliphatic carbocycles. The van der Waals surface area contributed by atoms with Gasteiger partial charge >= 0.3 is 6.01 Å². The minimum absolute atomic E-state index is 0.0179. The van der Waals surface area contributed by atoms with Gasteiger partial charge in [0.25, 0.3) is 6.43 Å². The highest BCUT2D eigenvalue weighted by Gasteiger charge is 2.15. The summed E-state index contributed by atoms with van der Waals surface area (Å²) in [6, 6.07) is 5.23. The van der Waals surface area contributed by atoms with Gasteiger partial charge in [0.2, 0.25) is 0 Å². The average molecular weight is 387 g/mol. The van der Waals surface area contributed by atoms with Crippen molar-refractivity contribution in [3.63, 3.8) is 0 Å². The van der Waals surface area contributed by atoms with Crippen molar-refractivity contribution in [3.8, 4) is 17.4 Å². The van der Waals surface area contributed by atoms with E-state index in [4.69, 9.17) is 4.74 Å². The molecular formula is C17H12F3N7O. The van der Waals surface area contributed by atoms with Gasteiger partial charge in [-0.2, -0.15) is 5.10 Å². The fourth-order valence-corrected chi connectivity index (χ4v) is 2.39. The normalized spacial score (nSPS) is 11.1. The molecule has 0 unspecified atom stereocenters. The molecule has 0 fully saturated rings. The Hall–Kier alpha value is -3.76. The summed E-state index contributed by atoms with van der Waals surface area (Å²) in [4.78, 5) is 8.16. The number of benzene rings is 1. The van der Waals surface area contributed by atoms with E-state index in [9.17, 15) is 13.2 Å². The van der Waals surface area contributed by atoms with E-state index < -0.39 is 17.8 Å². The summed E-state index contributed by atoms with van der Waals surface area (Å²) in [6.07, 6.45) is 5.06. The predicted molar refractivity (Wildman–Crippen MR) is 89.8 cm³/mol. The quantitative estimate of drug-likeness (QED) is 0.506. The smallest absolute Gasteiger partial charge is 0.316 e. The lowest BCUT2D eigenvalue weighted by atomic mass is 10.2. The first-order valence-electron chi connectivity index (χ1n) is 8.04. The van der Waals surface area contributed by atoms with Crippen molar-refractivity contribution in [2.24, 2.45) is 0 Å². The Labute approximate surface area is 156 Å². The van der Waals surface area contributed by atoms with Gasteiger partial charge in [0, 0.05) is 12.4 Å². The number of aromatic nitrogens is 7. The van der Waals surface area contributed by atoms with Gasteiger partial charge in [0.15, 0.2) is 0 Å². The first-order valence-corrected chi connectivity index (χ1v) is 8.04. The molecule has 0 aliphatic heterocycles. The molecule has 0 bridgehead atoms. The number of hydrogen-bond acceptors (Lipinski definition) is 6. The molecule has 3 aromatic heterocycles. The van der Waals surface area contributed by atoms with Crippen LogP contribution in [0.15, 0.2) is 55.2 Å². The summed E-state index contributed by atoms with van der Waals surface area (Å²) in [5.74, 6) is -0.974. The van der Waals surface area contributed by atoms with Crippen LogP contribution in [-0.4, -0.2) is 34.7 Å². The highest BCUT2D eigenvalue weighted by Crippen LogP contribution is 2.24. The highest BCUT2D eigenvalue weighted by atomic mass is 19.3. The number of nitrogens with zero attached hydrogens (tertiary/aromatic N) is 7. The summed E-state index contributed by atoms with van der Waals surface area (Å²) in [7, 11) is 0. The second kappa shape index (κ2) is 7.47. The molecule has 3 heterocycles. The van der Waals surface area contributed by atoms with E-state index in [1.54, 1.807) is 35.5 Å². The number of hydrogen-bond donors (Lipinski definition) is 0. The van der Waals surface area contributed by atoms with Crippen molar-refractivity contribution < 1.29 is 17.9 Å². The molecule has 0 N–H and O–H groups in total. The third-order valence-corrected chi connectivity index (χ3v) is 3.75. The number of halogens is 3. The summed E-state index contributed by atoms with van der Waals surface area (Å²) < 4.78 is 47.4. The van der Waals surface area contributed by atoms with E-state index >= 15 is 0 Å². The van der Waals surface area contributed by atoms with Crippen LogP contribution in [0.3, 0.4) is 0 Å². The van der Waals surface area contributed by atoms with Crippen LogP contribution >= 0.6 is 0 Å². The lowest BCUT2D eigenvalue weighted by molar-refractivity contribution is 0.146. The zero-order chi connectivity index (χ0) is 19.5. The van der Waals surface area contributed by atoms with Crippen LogP contribution in [0.5, 0.6) is 6.01 Å². The molecule has 11 heteroatoms. The van der Waals surface area contributed by atoms with E-state index in [0.29, 0.717) is 11.4 Å². The van der Waals surface area contributed by atoms with E-state index in [-0.39, 0.29) is 18.3 Å². The van der Waals surface area contributed by atoms with Crippen molar-refractivity contribution in [2.75, 3.05) is 0 Å². The van der Waals surface area contributed by atoms with Crippen LogP contribution in [0.4, 0.5) is 13.2 Å². The van der Waals surface area contributed by atoms with Gasteiger partial charge in [-0.05, 0) is 24.3 Å². The maximum absolute atomic E-state index is 13.4. The Kier molecular flexibility index (Phi) is 4.70. The minimum atomic E-state index is -2.92. The zero-order valence-corrected chi connectivity index (χ0v) is 14.2. The predicted octanol–water partition coefficient (Wildman–Crippen LogP) is 2.90. The van der Waals surface area contributed by atoms with Gasteiger partial charge in [-0.15, -0.1) is 5.10 Å². The van der Waals surface area contributed by atoms with E-state index in [1.165, 1.54) is 16.9 Å². The Morgan fingerprint density at radius 3 is 2.61 bits per heavy atom. The first-order chi connectivity index (χ1) is 13.6. The summed E-state index contributed by atoms with van der Waals surface area (Å²) in [6.45, 7) is 0.0179. The molecule has 142 valence electrons. The molecule has 4 rings (SSSR count). The van der Waals surface area contributed by atoms with Crippen LogP contribution in [-0.2, 0) is 6.61 Å². The Morgan fingerprint density at radius 1 is 1.07 bits per heavy atom. The van der Waals surface area contributed by atoms with Crippen LogP contribution in [0.1, 0.15) is 17.7 Å². The maximum Gasteiger partial charge on any atom is 0.316 e. The van der Waals surface area contributed by atoms with Crippen molar-refractivity contribution in [1.82, 2.24) is 34.7 Å². The monoisotopic (exact) mass is 387 g/mol. The Balaban J connectivity index is 1.43. The summed E-state index contributed by atoms with van der Waals surface area (Å²) in [5.41, 5.74) is 0.656. The number of ether oxygens (including phenoxy) is 1. The zero-order valence-electron chi connectivity index (χ0n) is 14.2. The van der Waals surface area contributed by atoms with E-state index in [0.717, 1.165) is 12.1 Å². The maximum atomic E-state index is 13.4. The minimum Gasteiger partial charge on any atom is -0.457 e. The Bertz CT molecular complexity index is 1060. The van der Waals surface area contributed by atoms with Gasteiger partial charge in [-0.3, -0.25) is 0 Å². The third kappa shape index (κ3) is 3.68. The van der Waals surface area contributed by atoms with Crippen molar-refractivity contribution in [1.29, 1.82) is 0 Å². The van der Waals surface area contributed by atoms with Crippen LogP contribution in [0, 0.1) is 5.82 Å². The van der Waals surface area contributed by atoms with Crippen molar-refractivity contribution >= 4 is 0 Å². The Morgan fingerprint density at radius 2 is 1.89 bits per heavy atom. The largest absolute Gasteiger partial charge is 0.457 e. The molecule has 0 spiro atoms. The molecule has 1 aromatic carbocycles. The number of alkyl halides is 2. The fourth-order valence-electron chi connectivity index (χ4n) is 2.39. The van der Waals surface area contributed by atoms with E-state index in [1.807, 2.05) is 0 Å². The van der Waals surface area contributed by atoms with E-state index in [2.05, 4.69) is 25.4 Å². The lowest BCUT2D eigenvalue weighted by Gasteiger charge is -2.05.